The molecule has 2 nitrogen and oxygen atoms in total. The normalized spacial score (nSPS) is 29.7. The van der Waals surface area contributed by atoms with Gasteiger partial charge in [0.15, 0.2) is 0 Å². The van der Waals surface area contributed by atoms with Crippen molar-refractivity contribution in [2.75, 3.05) is 19.6 Å². The van der Waals surface area contributed by atoms with Crippen molar-refractivity contribution in [3.63, 3.8) is 0 Å². The maximum absolute atomic E-state index is 4.65. The highest BCUT2D eigenvalue weighted by Crippen LogP contribution is 2.15. The quantitative estimate of drug-likeness (QED) is 0.538. The molecule has 0 aliphatic carbocycles. The van der Waals surface area contributed by atoms with E-state index in [1.54, 1.807) is 0 Å². The van der Waals surface area contributed by atoms with E-state index in [0.717, 1.165) is 6.54 Å². The first-order valence-corrected chi connectivity index (χ1v) is 5.25. The molecule has 0 radical (unpaired) electrons. The Morgan fingerprint density at radius 2 is 1.75 bits per heavy atom. The number of aliphatic imine (C=N–C) groups is 1. The Morgan fingerprint density at radius 3 is 2.75 bits per heavy atom. The van der Waals surface area contributed by atoms with Crippen LogP contribution in [0, 0.1) is 0 Å². The van der Waals surface area contributed by atoms with E-state index in [-0.39, 0.29) is 0 Å². The van der Waals surface area contributed by atoms with Gasteiger partial charge in [0.2, 0.25) is 0 Å². The smallest absolute Gasteiger partial charge is 0.0989 e. The van der Waals surface area contributed by atoms with Gasteiger partial charge in [0, 0.05) is 26.1 Å². The molecule has 0 saturated carbocycles. The molecule has 2 rings (SSSR count). The second kappa shape index (κ2) is 3.92. The van der Waals surface area contributed by atoms with E-state index >= 15 is 0 Å². The molecule has 0 bridgehead atoms. The van der Waals surface area contributed by atoms with Crippen molar-refractivity contribution < 1.29 is 0 Å². The zero-order valence-electron chi connectivity index (χ0n) is 7.76. The molecule has 1 fully saturated rings. The van der Waals surface area contributed by atoms with Crippen molar-refractivity contribution in [3.05, 3.63) is 0 Å². The van der Waals surface area contributed by atoms with E-state index in [0.29, 0.717) is 0 Å². The summed E-state index contributed by atoms with van der Waals surface area (Å²) in [5.41, 5.74) is 0. The average molecular weight is 166 g/mol. The second-order valence-electron chi connectivity index (χ2n) is 3.80. The maximum Gasteiger partial charge on any atom is 0.0989 e. The topological polar surface area (TPSA) is 15.6 Å². The second-order valence-corrected chi connectivity index (χ2v) is 3.80. The first-order valence-electron chi connectivity index (χ1n) is 5.25. The monoisotopic (exact) mass is 166 g/mol. The van der Waals surface area contributed by atoms with Crippen molar-refractivity contribution in [3.8, 4) is 0 Å². The zero-order valence-corrected chi connectivity index (χ0v) is 7.76. The van der Waals surface area contributed by atoms with Gasteiger partial charge in [-0.1, -0.05) is 12.8 Å². The molecule has 0 unspecified atom stereocenters. The Balaban J connectivity index is 1.99. The summed E-state index contributed by atoms with van der Waals surface area (Å²) in [4.78, 5) is 7.14. The molecule has 0 N–H and O–H groups in total. The molecular formula is C10H18N2. The third kappa shape index (κ3) is 1.79. The highest BCUT2D eigenvalue weighted by molar-refractivity contribution is 5.84. The van der Waals surface area contributed by atoms with E-state index in [4.69, 9.17) is 0 Å². The minimum absolute atomic E-state index is 1.08. The molecule has 1 saturated heterocycles. The first-order chi connectivity index (χ1) is 5.97. The van der Waals surface area contributed by atoms with Crippen LogP contribution < -0.4 is 0 Å². The fourth-order valence-corrected chi connectivity index (χ4v) is 2.11. The minimum atomic E-state index is 1.08. The van der Waals surface area contributed by atoms with Crippen LogP contribution in [0.2, 0.25) is 0 Å². The highest BCUT2D eigenvalue weighted by atomic mass is 15.2. The molecular weight excluding hydrogens is 148 g/mol. The van der Waals surface area contributed by atoms with Crippen LogP contribution >= 0.6 is 0 Å². The lowest BCUT2D eigenvalue weighted by atomic mass is 10.2. The van der Waals surface area contributed by atoms with Crippen molar-refractivity contribution in [1.82, 2.24) is 4.90 Å². The van der Waals surface area contributed by atoms with E-state index in [9.17, 15) is 0 Å². The third-order valence-corrected chi connectivity index (χ3v) is 2.82. The van der Waals surface area contributed by atoms with Gasteiger partial charge >= 0.3 is 0 Å². The molecule has 2 heteroatoms. The molecule has 0 aromatic carbocycles. The van der Waals surface area contributed by atoms with E-state index in [1.807, 2.05) is 0 Å². The standard InChI is InChI=1S/C10H18N2/c1-2-4-8-12-9-5-6-10(12)11-7-3-1/h1-9H2/b11-10+. The summed E-state index contributed by atoms with van der Waals surface area (Å²) in [6, 6.07) is 0. The molecule has 68 valence electrons. The Bertz CT molecular complexity index is 175. The van der Waals surface area contributed by atoms with Crippen LogP contribution in [-0.2, 0) is 0 Å². The van der Waals surface area contributed by atoms with E-state index in [1.165, 1.54) is 57.5 Å². The lowest BCUT2D eigenvalue weighted by Crippen LogP contribution is -2.25. The van der Waals surface area contributed by atoms with Crippen molar-refractivity contribution in [2.45, 2.75) is 38.5 Å². The number of fused-ring (bicyclic) bond motifs is 1. The molecule has 0 amide bonds. The van der Waals surface area contributed by atoms with Gasteiger partial charge in [0.05, 0.1) is 5.84 Å². The molecule has 0 atom stereocenters. The van der Waals surface area contributed by atoms with Crippen LogP contribution in [0.25, 0.3) is 0 Å². The lowest BCUT2D eigenvalue weighted by Gasteiger charge is -2.17. The molecule has 2 aliphatic heterocycles. The Hall–Kier alpha value is -0.530. The third-order valence-electron chi connectivity index (χ3n) is 2.82. The molecule has 12 heavy (non-hydrogen) atoms. The summed E-state index contributed by atoms with van der Waals surface area (Å²) < 4.78 is 0. The van der Waals surface area contributed by atoms with Crippen LogP contribution in [-0.4, -0.2) is 30.4 Å². The number of hydrogen-bond donors (Lipinski definition) is 0. The van der Waals surface area contributed by atoms with Gasteiger partial charge in [0.1, 0.15) is 0 Å². The van der Waals surface area contributed by atoms with Gasteiger partial charge in [-0.2, -0.15) is 0 Å². The number of nitrogens with zero attached hydrogens (tertiary/aromatic N) is 2. The van der Waals surface area contributed by atoms with Crippen molar-refractivity contribution >= 4 is 5.84 Å². The highest BCUT2D eigenvalue weighted by Gasteiger charge is 2.17. The number of amidine groups is 1. The summed E-state index contributed by atoms with van der Waals surface area (Å²) in [5, 5.41) is 0. The first kappa shape index (κ1) is 8.09. The van der Waals surface area contributed by atoms with Gasteiger partial charge in [-0.3, -0.25) is 4.99 Å². The summed E-state index contributed by atoms with van der Waals surface area (Å²) >= 11 is 0. The van der Waals surface area contributed by atoms with Gasteiger partial charge < -0.3 is 4.90 Å². The van der Waals surface area contributed by atoms with Crippen molar-refractivity contribution in [2.24, 2.45) is 4.99 Å². The molecule has 2 heterocycles. The van der Waals surface area contributed by atoms with Gasteiger partial charge in [-0.15, -0.1) is 0 Å². The van der Waals surface area contributed by atoms with E-state index in [2.05, 4.69) is 9.89 Å². The van der Waals surface area contributed by atoms with Crippen LogP contribution in [0.15, 0.2) is 4.99 Å². The summed E-state index contributed by atoms with van der Waals surface area (Å²) in [7, 11) is 0. The summed E-state index contributed by atoms with van der Waals surface area (Å²) in [5.74, 6) is 1.40. The Labute approximate surface area is 74.7 Å². The largest absolute Gasteiger partial charge is 0.360 e. The SMILES string of the molecule is C1CCCN2CCC/C2=N\CC1. The Morgan fingerprint density at radius 1 is 0.917 bits per heavy atom. The fourth-order valence-electron chi connectivity index (χ4n) is 2.11. The summed E-state index contributed by atoms with van der Waals surface area (Å²) in [6.45, 7) is 3.60. The van der Waals surface area contributed by atoms with Crippen LogP contribution in [0.4, 0.5) is 0 Å². The Kier molecular flexibility index (Phi) is 2.64. The van der Waals surface area contributed by atoms with Gasteiger partial charge in [-0.25, -0.2) is 0 Å². The summed E-state index contributed by atoms with van der Waals surface area (Å²) in [6.07, 6.45) is 8.03. The van der Waals surface area contributed by atoms with Crippen LogP contribution in [0.3, 0.4) is 0 Å². The molecule has 0 aromatic rings. The number of rotatable bonds is 0. The predicted molar refractivity (Wildman–Crippen MR) is 51.6 cm³/mol. The van der Waals surface area contributed by atoms with Crippen LogP contribution in [0.1, 0.15) is 38.5 Å². The molecule has 0 spiro atoms. The van der Waals surface area contributed by atoms with Gasteiger partial charge in [0.25, 0.3) is 0 Å². The minimum Gasteiger partial charge on any atom is -0.360 e. The zero-order chi connectivity index (χ0) is 8.23. The van der Waals surface area contributed by atoms with Crippen molar-refractivity contribution in [1.29, 1.82) is 0 Å². The fraction of sp³-hybridized carbons (Fsp3) is 0.900. The number of hydrogen-bond acceptors (Lipinski definition) is 2. The maximum atomic E-state index is 4.65. The average Bonchev–Trinajstić information content (AvgIpc) is 2.50. The van der Waals surface area contributed by atoms with Gasteiger partial charge in [-0.05, 0) is 19.3 Å². The molecule has 0 aromatic heterocycles. The van der Waals surface area contributed by atoms with Crippen LogP contribution in [0.5, 0.6) is 0 Å². The predicted octanol–water partition coefficient (Wildman–Crippen LogP) is 2.05. The van der Waals surface area contributed by atoms with E-state index < -0.39 is 0 Å². The molecule has 2 aliphatic rings. The lowest BCUT2D eigenvalue weighted by molar-refractivity contribution is 0.435.